The molecule has 4 heteroatoms. The maximum Gasteiger partial charge on any atom is 0.244 e. The largest absolute Gasteiger partial charge is 0.378 e. The normalized spacial score (nSPS) is 16.0. The van der Waals surface area contributed by atoms with Crippen molar-refractivity contribution < 1.29 is 4.79 Å². The zero-order valence-corrected chi connectivity index (χ0v) is 13.3. The molecule has 0 N–H and O–H groups in total. The second-order valence-electron chi connectivity index (χ2n) is 5.19. The van der Waals surface area contributed by atoms with Crippen LogP contribution < -0.4 is 4.90 Å². The molecule has 1 aliphatic heterocycles. The lowest BCUT2D eigenvalue weighted by Gasteiger charge is -2.11. The zero-order chi connectivity index (χ0) is 15.5. The van der Waals surface area contributed by atoms with Crippen molar-refractivity contribution in [2.75, 3.05) is 19.0 Å². The Bertz CT molecular complexity index is 746. The van der Waals surface area contributed by atoms with Gasteiger partial charge in [0.05, 0.1) is 0 Å². The fourth-order valence-electron chi connectivity index (χ4n) is 2.14. The van der Waals surface area contributed by atoms with E-state index in [9.17, 15) is 4.79 Å². The highest BCUT2D eigenvalue weighted by Gasteiger charge is 2.22. The first-order valence-corrected chi connectivity index (χ1v) is 7.80. The maximum atomic E-state index is 12.1. The summed E-state index contributed by atoms with van der Waals surface area (Å²) in [5.74, 6) is 0. The fourth-order valence-corrected chi connectivity index (χ4v) is 2.92. The quantitative estimate of drug-likeness (QED) is 0.808. The van der Waals surface area contributed by atoms with Gasteiger partial charge in [0, 0.05) is 25.3 Å². The van der Waals surface area contributed by atoms with E-state index in [2.05, 4.69) is 4.99 Å². The van der Waals surface area contributed by atoms with Gasteiger partial charge in [-0.3, -0.25) is 4.79 Å². The molecule has 0 saturated heterocycles. The number of benzene rings is 2. The number of hydrogen-bond donors (Lipinski definition) is 0. The molecule has 0 atom stereocenters. The molecule has 0 bridgehead atoms. The van der Waals surface area contributed by atoms with Gasteiger partial charge >= 0.3 is 0 Å². The second-order valence-corrected chi connectivity index (χ2v) is 6.15. The molecule has 0 aromatic heterocycles. The molecule has 0 amide bonds. The summed E-state index contributed by atoms with van der Waals surface area (Å²) >= 11 is 1.19. The Kier molecular flexibility index (Phi) is 4.11. The van der Waals surface area contributed by atoms with Gasteiger partial charge in [-0.15, -0.1) is 0 Å². The molecule has 0 radical (unpaired) electrons. The highest BCUT2D eigenvalue weighted by Crippen LogP contribution is 2.29. The monoisotopic (exact) mass is 308 g/mol. The number of aliphatic imine (C=N–C) groups is 1. The lowest BCUT2D eigenvalue weighted by Crippen LogP contribution is -2.07. The Hall–Kier alpha value is -2.33. The van der Waals surface area contributed by atoms with Crippen molar-refractivity contribution in [3.63, 3.8) is 0 Å². The molecule has 3 rings (SSSR count). The first kappa shape index (κ1) is 14.6. The molecule has 2 aromatic carbocycles. The van der Waals surface area contributed by atoms with Gasteiger partial charge in [-0.05, 0) is 35.5 Å². The van der Waals surface area contributed by atoms with Gasteiger partial charge in [0.25, 0.3) is 0 Å². The summed E-state index contributed by atoms with van der Waals surface area (Å²) in [4.78, 5) is 18.6. The van der Waals surface area contributed by atoms with Crippen LogP contribution >= 0.6 is 11.8 Å². The molecule has 110 valence electrons. The van der Waals surface area contributed by atoms with E-state index in [0.717, 1.165) is 21.9 Å². The van der Waals surface area contributed by atoms with Crippen molar-refractivity contribution in [1.29, 1.82) is 0 Å². The minimum absolute atomic E-state index is 0.00413. The number of anilines is 1. The number of hydrogen-bond acceptors (Lipinski definition) is 4. The summed E-state index contributed by atoms with van der Waals surface area (Å²) in [6.07, 6.45) is 1.84. The van der Waals surface area contributed by atoms with E-state index in [0.29, 0.717) is 5.70 Å². The Balaban J connectivity index is 1.87. The van der Waals surface area contributed by atoms with Gasteiger partial charge in [-0.25, -0.2) is 4.99 Å². The zero-order valence-electron chi connectivity index (χ0n) is 12.5. The molecule has 0 saturated carbocycles. The summed E-state index contributed by atoms with van der Waals surface area (Å²) in [6.45, 7) is 0. The molecule has 3 nitrogen and oxygen atoms in total. The molecular formula is C18H16N2OS. The number of carbonyl (C=O) groups excluding carboxylic acids is 1. The van der Waals surface area contributed by atoms with Crippen molar-refractivity contribution in [2.24, 2.45) is 4.99 Å². The maximum absolute atomic E-state index is 12.1. The van der Waals surface area contributed by atoms with E-state index < -0.39 is 0 Å². The molecule has 0 spiro atoms. The van der Waals surface area contributed by atoms with Crippen LogP contribution in [0.1, 0.15) is 11.1 Å². The summed E-state index contributed by atoms with van der Waals surface area (Å²) < 4.78 is 0. The Morgan fingerprint density at radius 3 is 2.32 bits per heavy atom. The predicted octanol–water partition coefficient (Wildman–Crippen LogP) is 3.81. The van der Waals surface area contributed by atoms with E-state index in [4.69, 9.17) is 0 Å². The number of nitrogens with zero attached hydrogens (tertiary/aromatic N) is 2. The van der Waals surface area contributed by atoms with Crippen LogP contribution in [-0.2, 0) is 4.79 Å². The van der Waals surface area contributed by atoms with Crippen molar-refractivity contribution in [1.82, 2.24) is 0 Å². The molecule has 2 aromatic rings. The van der Waals surface area contributed by atoms with Crippen LogP contribution in [0.15, 0.2) is 65.3 Å². The molecule has 1 aliphatic rings. The molecule has 0 aliphatic carbocycles. The molecule has 1 heterocycles. The standard InChI is InChI=1S/C18H16N2OS/c1-20(2)15-10-8-13(9-11-15)12-16-18(21)22-17(19-16)14-6-4-3-5-7-14/h3-12H,1-2H3/b16-12+. The Morgan fingerprint density at radius 1 is 1.00 bits per heavy atom. The second kappa shape index (κ2) is 6.20. The van der Waals surface area contributed by atoms with Crippen LogP contribution in [0.5, 0.6) is 0 Å². The minimum Gasteiger partial charge on any atom is -0.378 e. The van der Waals surface area contributed by atoms with Gasteiger partial charge in [0.2, 0.25) is 5.12 Å². The third-order valence-corrected chi connectivity index (χ3v) is 4.27. The summed E-state index contributed by atoms with van der Waals surface area (Å²) in [5, 5.41) is 0.761. The Labute approximate surface area is 134 Å². The van der Waals surface area contributed by atoms with E-state index in [-0.39, 0.29) is 5.12 Å². The number of thioether (sulfide) groups is 1. The molecule has 22 heavy (non-hydrogen) atoms. The van der Waals surface area contributed by atoms with Crippen LogP contribution in [0.25, 0.3) is 6.08 Å². The van der Waals surface area contributed by atoms with Crippen LogP contribution in [0, 0.1) is 0 Å². The number of carbonyl (C=O) groups is 1. The Morgan fingerprint density at radius 2 is 1.68 bits per heavy atom. The minimum atomic E-state index is -0.00413. The average Bonchev–Trinajstić information content (AvgIpc) is 2.90. The van der Waals surface area contributed by atoms with Gasteiger partial charge < -0.3 is 4.90 Å². The van der Waals surface area contributed by atoms with E-state index in [1.54, 1.807) is 0 Å². The predicted molar refractivity (Wildman–Crippen MR) is 94.3 cm³/mol. The first-order valence-electron chi connectivity index (χ1n) is 6.99. The topological polar surface area (TPSA) is 32.7 Å². The third-order valence-electron chi connectivity index (χ3n) is 3.35. The van der Waals surface area contributed by atoms with Crippen molar-refractivity contribution in [2.45, 2.75) is 0 Å². The summed E-state index contributed by atoms with van der Waals surface area (Å²) in [6, 6.07) is 17.8. The highest BCUT2D eigenvalue weighted by molar-refractivity contribution is 8.27. The third kappa shape index (κ3) is 3.12. The van der Waals surface area contributed by atoms with Crippen molar-refractivity contribution in [3.05, 3.63) is 71.4 Å². The van der Waals surface area contributed by atoms with Crippen molar-refractivity contribution >= 4 is 33.7 Å². The van der Waals surface area contributed by atoms with Gasteiger partial charge in [0.15, 0.2) is 0 Å². The number of rotatable bonds is 3. The molecule has 0 unspecified atom stereocenters. The van der Waals surface area contributed by atoms with E-state index in [1.165, 1.54) is 11.8 Å². The van der Waals surface area contributed by atoms with Crippen LogP contribution in [0.3, 0.4) is 0 Å². The van der Waals surface area contributed by atoms with Gasteiger partial charge in [-0.2, -0.15) is 0 Å². The van der Waals surface area contributed by atoms with Gasteiger partial charge in [0.1, 0.15) is 10.7 Å². The van der Waals surface area contributed by atoms with Crippen molar-refractivity contribution in [3.8, 4) is 0 Å². The highest BCUT2D eigenvalue weighted by atomic mass is 32.2. The summed E-state index contributed by atoms with van der Waals surface area (Å²) in [5.41, 5.74) is 3.59. The van der Waals surface area contributed by atoms with E-state index >= 15 is 0 Å². The molecular weight excluding hydrogens is 292 g/mol. The SMILES string of the molecule is CN(C)c1ccc(/C=C2/N=C(c3ccccc3)SC2=O)cc1. The smallest absolute Gasteiger partial charge is 0.244 e. The fraction of sp³-hybridized carbons (Fsp3) is 0.111. The van der Waals surface area contributed by atoms with Crippen LogP contribution in [0.4, 0.5) is 5.69 Å². The first-order chi connectivity index (χ1) is 10.6. The lowest BCUT2D eigenvalue weighted by molar-refractivity contribution is -0.107. The summed E-state index contributed by atoms with van der Waals surface area (Å²) in [7, 11) is 4.00. The van der Waals surface area contributed by atoms with Crippen LogP contribution in [-0.4, -0.2) is 24.3 Å². The van der Waals surface area contributed by atoms with Gasteiger partial charge in [-0.1, -0.05) is 42.5 Å². The average molecular weight is 308 g/mol. The lowest BCUT2D eigenvalue weighted by atomic mass is 10.1. The van der Waals surface area contributed by atoms with Crippen LogP contribution in [0.2, 0.25) is 0 Å². The molecule has 0 fully saturated rings. The van der Waals surface area contributed by atoms with E-state index in [1.807, 2.05) is 79.7 Å².